The summed E-state index contributed by atoms with van der Waals surface area (Å²) in [5, 5.41) is 3.03. The van der Waals surface area contributed by atoms with Gasteiger partial charge < -0.3 is 20.7 Å². The number of carbonyl (C=O) groups excluding carboxylic acids is 1. The predicted molar refractivity (Wildman–Crippen MR) is 90.3 cm³/mol. The molecule has 22 heavy (non-hydrogen) atoms. The molecule has 0 saturated carbocycles. The number of hydrogen-bond donors (Lipinski definition) is 2. The van der Waals surface area contributed by atoms with E-state index in [9.17, 15) is 4.79 Å². The van der Waals surface area contributed by atoms with Crippen LogP contribution in [0.5, 0.6) is 5.75 Å². The Morgan fingerprint density at radius 3 is 2.50 bits per heavy atom. The van der Waals surface area contributed by atoms with Gasteiger partial charge >= 0.3 is 0 Å². The van der Waals surface area contributed by atoms with Crippen molar-refractivity contribution >= 4 is 18.3 Å². The number of nitrogens with two attached hydrogens (primary N) is 1. The van der Waals surface area contributed by atoms with Crippen LogP contribution in [-0.2, 0) is 11.3 Å². The minimum Gasteiger partial charge on any atom is -0.497 e. The maximum absolute atomic E-state index is 12.2. The highest BCUT2D eigenvalue weighted by Gasteiger charge is 2.24. The van der Waals surface area contributed by atoms with E-state index < -0.39 is 0 Å². The highest BCUT2D eigenvalue weighted by Crippen LogP contribution is 2.17. The number of ether oxygens (including phenoxy) is 1. The van der Waals surface area contributed by atoms with Crippen molar-refractivity contribution in [1.82, 2.24) is 10.2 Å². The summed E-state index contributed by atoms with van der Waals surface area (Å²) in [5.41, 5.74) is 6.64. The van der Waals surface area contributed by atoms with E-state index in [0.29, 0.717) is 13.1 Å². The van der Waals surface area contributed by atoms with Gasteiger partial charge in [-0.25, -0.2) is 0 Å². The van der Waals surface area contributed by atoms with Gasteiger partial charge in [-0.2, -0.15) is 0 Å². The van der Waals surface area contributed by atoms with Crippen molar-refractivity contribution in [3.05, 3.63) is 29.8 Å². The Balaban J connectivity index is 0.00000242. The van der Waals surface area contributed by atoms with Gasteiger partial charge in [-0.05, 0) is 43.6 Å². The van der Waals surface area contributed by atoms with Crippen molar-refractivity contribution in [1.29, 1.82) is 0 Å². The number of rotatable bonds is 6. The Labute approximate surface area is 138 Å². The summed E-state index contributed by atoms with van der Waals surface area (Å²) in [6, 6.07) is 7.77. The number of amides is 1. The summed E-state index contributed by atoms with van der Waals surface area (Å²) in [5.74, 6) is 1.13. The molecular formula is C16H26ClN3O2. The second kappa shape index (κ2) is 9.66. The number of benzene rings is 1. The van der Waals surface area contributed by atoms with Gasteiger partial charge in [0.15, 0.2) is 0 Å². The lowest BCUT2D eigenvalue weighted by Gasteiger charge is -2.30. The highest BCUT2D eigenvalue weighted by molar-refractivity contribution is 5.85. The summed E-state index contributed by atoms with van der Waals surface area (Å²) >= 11 is 0. The lowest BCUT2D eigenvalue weighted by molar-refractivity contribution is -0.126. The summed E-state index contributed by atoms with van der Waals surface area (Å²) in [6.45, 7) is 4.13. The van der Waals surface area contributed by atoms with Gasteiger partial charge in [-0.15, -0.1) is 12.4 Å². The van der Waals surface area contributed by atoms with Gasteiger partial charge in [-0.3, -0.25) is 4.79 Å². The van der Waals surface area contributed by atoms with Crippen LogP contribution in [0.1, 0.15) is 18.4 Å². The van der Waals surface area contributed by atoms with Gasteiger partial charge in [0.1, 0.15) is 5.75 Å². The molecule has 1 heterocycles. The zero-order valence-electron chi connectivity index (χ0n) is 13.1. The first kappa shape index (κ1) is 18.7. The van der Waals surface area contributed by atoms with Gasteiger partial charge in [0.2, 0.25) is 5.91 Å². The average Bonchev–Trinajstić information content (AvgIpc) is 2.54. The normalized spacial score (nSPS) is 15.9. The van der Waals surface area contributed by atoms with E-state index in [1.807, 2.05) is 24.3 Å². The molecule has 1 aromatic rings. The number of nitrogens with one attached hydrogen (secondary N) is 1. The number of halogens is 1. The fourth-order valence-electron chi connectivity index (χ4n) is 2.68. The quantitative estimate of drug-likeness (QED) is 0.829. The molecule has 0 unspecified atom stereocenters. The molecule has 1 aliphatic rings. The van der Waals surface area contributed by atoms with Crippen LogP contribution in [0.2, 0.25) is 0 Å². The van der Waals surface area contributed by atoms with E-state index in [4.69, 9.17) is 10.5 Å². The largest absolute Gasteiger partial charge is 0.497 e. The number of piperidine rings is 1. The number of likely N-dealkylation sites (tertiary alicyclic amines) is 1. The highest BCUT2D eigenvalue weighted by atomic mass is 35.5. The first-order valence-electron chi connectivity index (χ1n) is 7.56. The number of nitrogens with zero attached hydrogens (tertiary/aromatic N) is 1. The third-order valence-corrected chi connectivity index (χ3v) is 4.03. The van der Waals surface area contributed by atoms with Crippen LogP contribution in [0, 0.1) is 5.92 Å². The predicted octanol–water partition coefficient (Wildman–Crippen LogP) is 1.40. The zero-order valence-corrected chi connectivity index (χ0v) is 13.9. The molecule has 124 valence electrons. The summed E-state index contributed by atoms with van der Waals surface area (Å²) in [7, 11) is 1.65. The van der Waals surface area contributed by atoms with Crippen molar-refractivity contribution < 1.29 is 9.53 Å². The van der Waals surface area contributed by atoms with Gasteiger partial charge in [0.05, 0.1) is 7.11 Å². The maximum atomic E-state index is 12.2. The Morgan fingerprint density at radius 2 is 1.95 bits per heavy atom. The van der Waals surface area contributed by atoms with Crippen LogP contribution >= 0.6 is 12.4 Å². The number of methoxy groups -OCH3 is 1. The van der Waals surface area contributed by atoms with Crippen molar-refractivity contribution in [2.75, 3.05) is 33.3 Å². The molecule has 5 nitrogen and oxygen atoms in total. The summed E-state index contributed by atoms with van der Waals surface area (Å²) < 4.78 is 5.12. The van der Waals surface area contributed by atoms with Gasteiger partial charge in [-0.1, -0.05) is 12.1 Å². The minimum absolute atomic E-state index is 0. The molecule has 1 amide bonds. The van der Waals surface area contributed by atoms with E-state index in [1.165, 1.54) is 0 Å². The van der Waals surface area contributed by atoms with Crippen molar-refractivity contribution in [3.8, 4) is 5.75 Å². The standard InChI is InChI=1S/C16H25N3O2.ClH/c1-21-15-4-2-13(3-5-15)12-18-16(20)14-6-9-19(10-7-14)11-8-17;/h2-5,14H,6-12,17H2,1H3,(H,18,20);1H. The number of hydrogen-bond acceptors (Lipinski definition) is 4. The molecule has 0 aliphatic carbocycles. The van der Waals surface area contributed by atoms with E-state index in [1.54, 1.807) is 7.11 Å². The molecule has 0 aromatic heterocycles. The molecule has 1 fully saturated rings. The molecular weight excluding hydrogens is 302 g/mol. The van der Waals surface area contributed by atoms with Crippen molar-refractivity contribution in [3.63, 3.8) is 0 Å². The third kappa shape index (κ3) is 5.48. The van der Waals surface area contributed by atoms with Crippen molar-refractivity contribution in [2.24, 2.45) is 11.7 Å². The molecule has 0 bridgehead atoms. The Hall–Kier alpha value is -1.30. The average molecular weight is 328 g/mol. The molecule has 0 radical (unpaired) electrons. The molecule has 3 N–H and O–H groups in total. The monoisotopic (exact) mass is 327 g/mol. The smallest absolute Gasteiger partial charge is 0.223 e. The van der Waals surface area contributed by atoms with E-state index in [0.717, 1.165) is 43.8 Å². The summed E-state index contributed by atoms with van der Waals surface area (Å²) in [4.78, 5) is 14.5. The van der Waals surface area contributed by atoms with Gasteiger partial charge in [0, 0.05) is 25.6 Å². The van der Waals surface area contributed by atoms with Crippen molar-refractivity contribution in [2.45, 2.75) is 19.4 Å². The molecule has 1 aromatic carbocycles. The fourth-order valence-corrected chi connectivity index (χ4v) is 2.68. The number of carbonyl (C=O) groups is 1. The minimum atomic E-state index is 0. The van der Waals surface area contributed by atoms with Crippen LogP contribution in [0.25, 0.3) is 0 Å². The molecule has 1 saturated heterocycles. The van der Waals surface area contributed by atoms with Crippen LogP contribution in [0.4, 0.5) is 0 Å². The van der Waals surface area contributed by atoms with Crippen LogP contribution < -0.4 is 15.8 Å². The first-order chi connectivity index (χ1) is 10.2. The summed E-state index contributed by atoms with van der Waals surface area (Å²) in [6.07, 6.45) is 1.85. The van der Waals surface area contributed by atoms with E-state index in [2.05, 4.69) is 10.2 Å². The maximum Gasteiger partial charge on any atom is 0.223 e. The van der Waals surface area contributed by atoms with E-state index >= 15 is 0 Å². The Bertz CT molecular complexity index is 445. The molecule has 0 spiro atoms. The lowest BCUT2D eigenvalue weighted by Crippen LogP contribution is -2.41. The topological polar surface area (TPSA) is 67.6 Å². The second-order valence-electron chi connectivity index (χ2n) is 5.47. The molecule has 1 aliphatic heterocycles. The van der Waals surface area contributed by atoms with Crippen LogP contribution in [0.3, 0.4) is 0 Å². The van der Waals surface area contributed by atoms with Gasteiger partial charge in [0.25, 0.3) is 0 Å². The third-order valence-electron chi connectivity index (χ3n) is 4.03. The zero-order chi connectivity index (χ0) is 15.1. The SMILES string of the molecule is COc1ccc(CNC(=O)C2CCN(CCN)CC2)cc1.Cl. The molecule has 2 rings (SSSR count). The van der Waals surface area contributed by atoms with Crippen LogP contribution in [0.15, 0.2) is 24.3 Å². The Morgan fingerprint density at radius 1 is 1.32 bits per heavy atom. The Kier molecular flexibility index (Phi) is 8.24. The second-order valence-corrected chi connectivity index (χ2v) is 5.47. The lowest BCUT2D eigenvalue weighted by atomic mass is 9.96. The molecule has 6 heteroatoms. The molecule has 0 atom stereocenters. The van der Waals surface area contributed by atoms with Crippen LogP contribution in [-0.4, -0.2) is 44.1 Å². The van der Waals surface area contributed by atoms with E-state index in [-0.39, 0.29) is 24.2 Å². The first-order valence-corrected chi connectivity index (χ1v) is 7.56. The fraction of sp³-hybridized carbons (Fsp3) is 0.562.